The number of esters is 2. The third-order valence-corrected chi connectivity index (χ3v) is 7.74. The molecular formula is C27H33N3O5S. The monoisotopic (exact) mass is 511 g/mol. The summed E-state index contributed by atoms with van der Waals surface area (Å²) in [7, 11) is 1.37. The molecule has 0 bridgehead atoms. The number of methoxy groups -OCH3 is 1. The number of carbonyl (C=O) groups excluding carboxylic acids is 3. The first kappa shape index (κ1) is 26.0. The van der Waals surface area contributed by atoms with Gasteiger partial charge in [0.25, 0.3) is 0 Å². The van der Waals surface area contributed by atoms with E-state index in [-0.39, 0.29) is 24.2 Å². The van der Waals surface area contributed by atoms with Crippen LogP contribution in [0.15, 0.2) is 45.6 Å². The number of carbonyl (C=O) groups is 3. The molecule has 1 aromatic carbocycles. The van der Waals surface area contributed by atoms with E-state index >= 15 is 0 Å². The van der Waals surface area contributed by atoms with Gasteiger partial charge in [-0.25, -0.2) is 9.79 Å². The number of likely N-dealkylation sites (tertiary alicyclic amines) is 1. The summed E-state index contributed by atoms with van der Waals surface area (Å²) in [6.07, 6.45) is 1.64. The average molecular weight is 512 g/mol. The van der Waals surface area contributed by atoms with Crippen LogP contribution in [0, 0.1) is 19.8 Å². The summed E-state index contributed by atoms with van der Waals surface area (Å²) in [5, 5.41) is 2.67. The van der Waals surface area contributed by atoms with E-state index in [0.29, 0.717) is 31.0 Å². The Morgan fingerprint density at radius 3 is 2.67 bits per heavy atom. The van der Waals surface area contributed by atoms with Crippen molar-refractivity contribution in [3.05, 3.63) is 57.3 Å². The molecule has 8 nitrogen and oxygen atoms in total. The molecule has 4 rings (SSSR count). The number of aliphatic imine (C=N–C) groups is 1. The maximum atomic E-state index is 13.4. The highest BCUT2D eigenvalue weighted by atomic mass is 32.2. The molecule has 2 atom stereocenters. The maximum Gasteiger partial charge on any atom is 0.338 e. The number of benzene rings is 1. The van der Waals surface area contributed by atoms with E-state index in [9.17, 15) is 14.4 Å². The third kappa shape index (κ3) is 5.07. The van der Waals surface area contributed by atoms with Crippen molar-refractivity contribution in [1.82, 2.24) is 9.80 Å². The van der Waals surface area contributed by atoms with Gasteiger partial charge in [0, 0.05) is 18.8 Å². The van der Waals surface area contributed by atoms with Gasteiger partial charge in [-0.15, -0.1) is 0 Å². The number of amides is 1. The molecule has 3 heterocycles. The topological polar surface area (TPSA) is 88.5 Å². The number of rotatable bonds is 6. The van der Waals surface area contributed by atoms with E-state index in [1.54, 1.807) is 11.8 Å². The van der Waals surface area contributed by atoms with Crippen molar-refractivity contribution in [1.29, 1.82) is 0 Å². The van der Waals surface area contributed by atoms with E-state index in [1.165, 1.54) is 18.9 Å². The van der Waals surface area contributed by atoms with Crippen LogP contribution >= 0.6 is 11.8 Å². The Bertz CT molecular complexity index is 1170. The Morgan fingerprint density at radius 1 is 1.19 bits per heavy atom. The van der Waals surface area contributed by atoms with Gasteiger partial charge in [-0.3, -0.25) is 9.59 Å². The first-order chi connectivity index (χ1) is 17.2. The molecule has 0 spiro atoms. The Kier molecular flexibility index (Phi) is 7.88. The number of hydrogen-bond acceptors (Lipinski definition) is 8. The van der Waals surface area contributed by atoms with Crippen LogP contribution in [-0.2, 0) is 23.9 Å². The van der Waals surface area contributed by atoms with Crippen LogP contribution in [0.2, 0.25) is 0 Å². The average Bonchev–Trinajstić information content (AvgIpc) is 3.25. The second-order valence-corrected chi connectivity index (χ2v) is 10.2. The maximum absolute atomic E-state index is 13.4. The predicted octanol–water partition coefficient (Wildman–Crippen LogP) is 4.24. The van der Waals surface area contributed by atoms with Crippen LogP contribution < -0.4 is 0 Å². The van der Waals surface area contributed by atoms with Gasteiger partial charge in [-0.1, -0.05) is 35.5 Å². The quantitative estimate of drug-likeness (QED) is 0.528. The molecule has 36 heavy (non-hydrogen) atoms. The van der Waals surface area contributed by atoms with Gasteiger partial charge in [0.15, 0.2) is 5.17 Å². The van der Waals surface area contributed by atoms with E-state index in [4.69, 9.17) is 9.47 Å². The molecule has 3 aliphatic heterocycles. The van der Waals surface area contributed by atoms with Crippen molar-refractivity contribution in [2.45, 2.75) is 53.0 Å². The van der Waals surface area contributed by atoms with Crippen molar-refractivity contribution < 1.29 is 23.9 Å². The van der Waals surface area contributed by atoms with Crippen LogP contribution in [0.1, 0.15) is 55.8 Å². The zero-order valence-electron chi connectivity index (χ0n) is 21.5. The number of fused-ring (bicyclic) bond motifs is 1. The number of amidine groups is 1. The summed E-state index contributed by atoms with van der Waals surface area (Å²) in [5.41, 5.74) is 5.00. The van der Waals surface area contributed by atoms with Crippen molar-refractivity contribution in [3.63, 3.8) is 0 Å². The molecule has 1 saturated heterocycles. The Labute approximate surface area is 216 Å². The summed E-state index contributed by atoms with van der Waals surface area (Å²) in [4.78, 5) is 47.0. The van der Waals surface area contributed by atoms with E-state index in [1.807, 2.05) is 43.2 Å². The lowest BCUT2D eigenvalue weighted by atomic mass is 9.90. The fraction of sp³-hybridized carbons (Fsp3) is 0.481. The van der Waals surface area contributed by atoms with Crippen molar-refractivity contribution >= 4 is 34.8 Å². The minimum Gasteiger partial charge on any atom is -0.466 e. The lowest BCUT2D eigenvalue weighted by Crippen LogP contribution is -2.44. The van der Waals surface area contributed by atoms with Gasteiger partial charge in [0.05, 0.1) is 43.4 Å². The fourth-order valence-corrected chi connectivity index (χ4v) is 6.05. The van der Waals surface area contributed by atoms with E-state index in [2.05, 4.69) is 11.1 Å². The summed E-state index contributed by atoms with van der Waals surface area (Å²) < 4.78 is 10.3. The fourth-order valence-electron chi connectivity index (χ4n) is 5.09. The molecule has 9 heteroatoms. The highest BCUT2D eigenvalue weighted by molar-refractivity contribution is 8.16. The zero-order chi connectivity index (χ0) is 26.0. The second kappa shape index (κ2) is 10.9. The van der Waals surface area contributed by atoms with Crippen LogP contribution in [0.5, 0.6) is 0 Å². The molecule has 0 saturated carbocycles. The first-order valence-corrected chi connectivity index (χ1v) is 13.2. The highest BCUT2D eigenvalue weighted by Gasteiger charge is 2.42. The van der Waals surface area contributed by atoms with Gasteiger partial charge in [0.1, 0.15) is 0 Å². The molecule has 0 aromatic heterocycles. The second-order valence-electron chi connectivity index (χ2n) is 9.35. The number of hydrogen-bond donors (Lipinski definition) is 0. The Hall–Kier alpha value is -3.07. The summed E-state index contributed by atoms with van der Waals surface area (Å²) in [6.45, 7) is 8.98. The number of thioether (sulfide) groups is 1. The number of piperidine rings is 1. The van der Waals surface area contributed by atoms with Crippen molar-refractivity contribution in [3.8, 4) is 0 Å². The van der Waals surface area contributed by atoms with Crippen molar-refractivity contribution in [2.75, 3.05) is 26.8 Å². The number of nitrogens with zero attached hydrogens (tertiary/aromatic N) is 3. The minimum atomic E-state index is -0.451. The van der Waals surface area contributed by atoms with Crippen LogP contribution in [0.25, 0.3) is 0 Å². The first-order valence-electron chi connectivity index (χ1n) is 12.3. The Morgan fingerprint density at radius 2 is 1.97 bits per heavy atom. The summed E-state index contributed by atoms with van der Waals surface area (Å²) in [5.74, 6) is -1.02. The molecule has 3 aliphatic rings. The summed E-state index contributed by atoms with van der Waals surface area (Å²) >= 11 is 1.45. The van der Waals surface area contributed by atoms with Gasteiger partial charge in [-0.2, -0.15) is 0 Å². The third-order valence-electron chi connectivity index (χ3n) is 6.85. The minimum absolute atomic E-state index is 0.0534. The van der Waals surface area contributed by atoms with E-state index in [0.717, 1.165) is 40.4 Å². The molecule has 0 radical (unpaired) electrons. The molecule has 192 valence electrons. The number of allylic oxidation sites excluding steroid dienone is 1. The van der Waals surface area contributed by atoms with E-state index < -0.39 is 12.0 Å². The van der Waals surface area contributed by atoms with Crippen LogP contribution in [-0.4, -0.2) is 59.6 Å². The van der Waals surface area contributed by atoms with Gasteiger partial charge in [-0.05, 0) is 57.1 Å². The number of ether oxygens (including phenoxy) is 2. The Balaban J connectivity index is 1.62. The molecule has 0 N–H and O–H groups in total. The number of aryl methyl sites for hydroxylation is 2. The molecule has 1 amide bonds. The molecule has 0 aliphatic carbocycles. The predicted molar refractivity (Wildman–Crippen MR) is 139 cm³/mol. The SMILES string of the molecule is CCOC(=O)[C@@H]1CCCN(C(=O)CC2=CSC3=NC(C)=C(C(=O)OC)[C@@H](c4ccc(C)cc4C)N23)C1. The largest absolute Gasteiger partial charge is 0.466 e. The summed E-state index contributed by atoms with van der Waals surface area (Å²) in [6, 6.07) is 5.70. The lowest BCUT2D eigenvalue weighted by molar-refractivity contribution is -0.151. The van der Waals surface area contributed by atoms with Gasteiger partial charge in [0.2, 0.25) is 5.91 Å². The van der Waals surface area contributed by atoms with Gasteiger partial charge < -0.3 is 19.3 Å². The van der Waals surface area contributed by atoms with Crippen LogP contribution in [0.4, 0.5) is 0 Å². The normalized spacial score (nSPS) is 21.6. The molecular weight excluding hydrogens is 478 g/mol. The standard InChI is InChI=1S/C27H33N3O5S/c1-6-35-25(32)19-8-7-11-29(14-19)22(31)13-20-15-36-27-28-18(4)23(26(33)34-5)24(30(20)27)21-10-9-16(2)12-17(21)3/h9-10,12,15,19,24H,6-8,11,13-14H2,1-5H3/t19-,24-/m1/s1. The molecule has 1 aromatic rings. The lowest BCUT2D eigenvalue weighted by Gasteiger charge is -2.38. The zero-order valence-corrected chi connectivity index (χ0v) is 22.3. The van der Waals surface area contributed by atoms with Gasteiger partial charge >= 0.3 is 11.9 Å². The van der Waals surface area contributed by atoms with Crippen molar-refractivity contribution in [2.24, 2.45) is 10.9 Å². The molecule has 1 fully saturated rings. The highest BCUT2D eigenvalue weighted by Crippen LogP contribution is 2.45. The smallest absolute Gasteiger partial charge is 0.338 e. The molecule has 0 unspecified atom stereocenters. The van der Waals surface area contributed by atoms with Crippen LogP contribution in [0.3, 0.4) is 0 Å².